The number of carbonyl (C=O) groups is 2. The summed E-state index contributed by atoms with van der Waals surface area (Å²) in [5.41, 5.74) is 1.77. The molecule has 41 heavy (non-hydrogen) atoms. The van der Waals surface area contributed by atoms with Gasteiger partial charge in [-0.15, -0.1) is 0 Å². The molecule has 0 aliphatic rings. The third-order valence-corrected chi connectivity index (χ3v) is 8.95. The second-order valence-corrected chi connectivity index (χ2v) is 12.2. The minimum absolute atomic E-state index is 0.0496. The lowest BCUT2D eigenvalue weighted by molar-refractivity contribution is -0.141. The molecule has 9 heteroatoms. The molecule has 2 amide bonds. The third-order valence-electron chi connectivity index (χ3n) is 7.07. The fraction of sp³-hybridized carbons (Fsp3) is 0.375. The fourth-order valence-electron chi connectivity index (χ4n) is 4.45. The highest BCUT2D eigenvalue weighted by molar-refractivity contribution is 7.89. The molecule has 0 spiro atoms. The standard InChI is InChI=1S/C32H41N3O5S/c1-5-25(2)33-32(37)30(23-26-14-8-6-9-15-26)35(24-27-16-12-17-28(22-27)40-4)31(36)20-13-21-34(3)41(38,39)29-18-10-7-11-19-29/h6-12,14-19,22,25,30H,5,13,20-21,23-24H2,1-4H3,(H,33,37). The van der Waals surface area contributed by atoms with Gasteiger partial charge < -0.3 is 15.0 Å². The molecule has 0 fully saturated rings. The van der Waals surface area contributed by atoms with E-state index < -0.39 is 16.1 Å². The number of nitrogens with zero attached hydrogens (tertiary/aromatic N) is 2. The molecule has 3 aromatic carbocycles. The van der Waals surface area contributed by atoms with Gasteiger partial charge in [0.1, 0.15) is 11.8 Å². The molecule has 2 unspecified atom stereocenters. The van der Waals surface area contributed by atoms with Crippen LogP contribution in [0, 0.1) is 0 Å². The van der Waals surface area contributed by atoms with E-state index in [9.17, 15) is 18.0 Å². The van der Waals surface area contributed by atoms with E-state index in [0.717, 1.165) is 17.5 Å². The van der Waals surface area contributed by atoms with Crippen molar-refractivity contribution in [2.24, 2.45) is 0 Å². The first-order valence-electron chi connectivity index (χ1n) is 13.9. The lowest BCUT2D eigenvalue weighted by Gasteiger charge is -2.32. The first-order valence-corrected chi connectivity index (χ1v) is 15.4. The molecule has 0 aliphatic heterocycles. The van der Waals surface area contributed by atoms with Crippen LogP contribution in [0.1, 0.15) is 44.2 Å². The van der Waals surface area contributed by atoms with Crippen molar-refractivity contribution in [2.45, 2.75) is 63.1 Å². The van der Waals surface area contributed by atoms with Gasteiger partial charge in [0.05, 0.1) is 12.0 Å². The van der Waals surface area contributed by atoms with Crippen LogP contribution in [0.5, 0.6) is 5.75 Å². The van der Waals surface area contributed by atoms with Crippen molar-refractivity contribution >= 4 is 21.8 Å². The van der Waals surface area contributed by atoms with Crippen molar-refractivity contribution in [3.63, 3.8) is 0 Å². The Bertz CT molecular complexity index is 1370. The smallest absolute Gasteiger partial charge is 0.243 e. The van der Waals surface area contributed by atoms with Gasteiger partial charge in [-0.25, -0.2) is 12.7 Å². The molecular weight excluding hydrogens is 538 g/mol. The summed E-state index contributed by atoms with van der Waals surface area (Å²) in [7, 11) is -0.574. The number of rotatable bonds is 15. The Balaban J connectivity index is 1.85. The van der Waals surface area contributed by atoms with Crippen molar-refractivity contribution in [1.82, 2.24) is 14.5 Å². The molecular formula is C32H41N3O5S. The molecule has 220 valence electrons. The van der Waals surface area contributed by atoms with Gasteiger partial charge in [0.15, 0.2) is 0 Å². The highest BCUT2D eigenvalue weighted by atomic mass is 32.2. The van der Waals surface area contributed by atoms with Gasteiger partial charge in [0.25, 0.3) is 0 Å². The molecule has 0 heterocycles. The van der Waals surface area contributed by atoms with Crippen LogP contribution >= 0.6 is 0 Å². The number of carbonyl (C=O) groups excluding carboxylic acids is 2. The largest absolute Gasteiger partial charge is 0.497 e. The van der Waals surface area contributed by atoms with Crippen LogP contribution in [0.4, 0.5) is 0 Å². The average Bonchev–Trinajstić information content (AvgIpc) is 2.99. The SMILES string of the molecule is CCC(C)NC(=O)C(Cc1ccccc1)N(Cc1cccc(OC)c1)C(=O)CCCN(C)S(=O)(=O)c1ccccc1. The molecule has 8 nitrogen and oxygen atoms in total. The van der Waals surface area contributed by atoms with Crippen molar-refractivity contribution in [3.8, 4) is 5.75 Å². The van der Waals surface area contributed by atoms with Crippen LogP contribution in [0.15, 0.2) is 89.8 Å². The molecule has 0 aromatic heterocycles. The van der Waals surface area contributed by atoms with E-state index in [2.05, 4.69) is 5.32 Å². The average molecular weight is 580 g/mol. The van der Waals surface area contributed by atoms with Crippen LogP contribution in [0.3, 0.4) is 0 Å². The molecule has 3 aromatic rings. The summed E-state index contributed by atoms with van der Waals surface area (Å²) in [5, 5.41) is 3.06. The number of ether oxygens (including phenoxy) is 1. The Labute approximate surface area is 244 Å². The van der Waals surface area contributed by atoms with Gasteiger partial charge in [-0.2, -0.15) is 0 Å². The number of methoxy groups -OCH3 is 1. The summed E-state index contributed by atoms with van der Waals surface area (Å²) in [6.07, 6.45) is 1.50. The first kappa shape index (κ1) is 31.8. The zero-order chi connectivity index (χ0) is 29.8. The van der Waals surface area contributed by atoms with E-state index in [1.807, 2.05) is 68.4 Å². The van der Waals surface area contributed by atoms with Gasteiger partial charge >= 0.3 is 0 Å². The maximum Gasteiger partial charge on any atom is 0.243 e. The van der Waals surface area contributed by atoms with Gasteiger partial charge in [-0.3, -0.25) is 9.59 Å². The zero-order valence-electron chi connectivity index (χ0n) is 24.3. The van der Waals surface area contributed by atoms with Crippen molar-refractivity contribution in [3.05, 3.63) is 96.1 Å². The molecule has 0 radical (unpaired) electrons. The number of hydrogen-bond donors (Lipinski definition) is 1. The molecule has 3 rings (SSSR count). The van der Waals surface area contributed by atoms with Crippen LogP contribution < -0.4 is 10.1 Å². The summed E-state index contributed by atoms with van der Waals surface area (Å²) in [6.45, 7) is 4.31. The Kier molecular flexibility index (Phi) is 11.9. The minimum atomic E-state index is -3.67. The molecule has 0 saturated carbocycles. The zero-order valence-corrected chi connectivity index (χ0v) is 25.1. The topological polar surface area (TPSA) is 96.0 Å². The van der Waals surface area contributed by atoms with Gasteiger partial charge in [0.2, 0.25) is 21.8 Å². The van der Waals surface area contributed by atoms with Crippen LogP contribution in [0.2, 0.25) is 0 Å². The Hall–Kier alpha value is -3.69. The number of nitrogens with one attached hydrogen (secondary N) is 1. The fourth-order valence-corrected chi connectivity index (χ4v) is 5.68. The van der Waals surface area contributed by atoms with Gasteiger partial charge in [0, 0.05) is 39.0 Å². The summed E-state index contributed by atoms with van der Waals surface area (Å²) in [4.78, 5) is 29.3. The van der Waals surface area contributed by atoms with Gasteiger partial charge in [-0.1, -0.05) is 67.6 Å². The predicted octanol–water partition coefficient (Wildman–Crippen LogP) is 4.65. The quantitative estimate of drug-likeness (QED) is 0.283. The van der Waals surface area contributed by atoms with E-state index in [1.165, 1.54) is 11.4 Å². The summed E-state index contributed by atoms with van der Waals surface area (Å²) >= 11 is 0. The van der Waals surface area contributed by atoms with Crippen LogP contribution in [-0.2, 0) is 32.6 Å². The molecule has 1 N–H and O–H groups in total. The van der Waals surface area contributed by atoms with E-state index >= 15 is 0 Å². The van der Waals surface area contributed by atoms with E-state index in [-0.39, 0.29) is 42.3 Å². The van der Waals surface area contributed by atoms with E-state index in [1.54, 1.807) is 42.3 Å². The summed E-state index contributed by atoms with van der Waals surface area (Å²) in [5.74, 6) is 0.216. The minimum Gasteiger partial charge on any atom is -0.497 e. The van der Waals surface area contributed by atoms with Crippen molar-refractivity contribution in [1.29, 1.82) is 0 Å². The first-order chi connectivity index (χ1) is 19.6. The molecule has 0 aliphatic carbocycles. The monoisotopic (exact) mass is 579 g/mol. The second-order valence-electron chi connectivity index (χ2n) is 10.1. The van der Waals surface area contributed by atoms with Crippen molar-refractivity contribution in [2.75, 3.05) is 20.7 Å². The Morgan fingerprint density at radius 1 is 0.927 bits per heavy atom. The Morgan fingerprint density at radius 3 is 2.20 bits per heavy atom. The highest BCUT2D eigenvalue weighted by Crippen LogP contribution is 2.20. The normalized spacial score (nSPS) is 12.9. The van der Waals surface area contributed by atoms with Crippen LogP contribution in [-0.4, -0.2) is 62.2 Å². The second kappa shape index (κ2) is 15.3. The van der Waals surface area contributed by atoms with Crippen LogP contribution in [0.25, 0.3) is 0 Å². The highest BCUT2D eigenvalue weighted by Gasteiger charge is 2.31. The lowest BCUT2D eigenvalue weighted by atomic mass is 10.0. The molecule has 0 saturated heterocycles. The summed E-state index contributed by atoms with van der Waals surface area (Å²) in [6, 6.07) is 24.5. The summed E-state index contributed by atoms with van der Waals surface area (Å²) < 4.78 is 32.5. The maximum absolute atomic E-state index is 13.8. The molecule has 0 bridgehead atoms. The molecule has 2 atom stereocenters. The maximum atomic E-state index is 13.8. The Morgan fingerprint density at radius 2 is 1.56 bits per heavy atom. The number of benzene rings is 3. The number of sulfonamides is 1. The lowest BCUT2D eigenvalue weighted by Crippen LogP contribution is -2.52. The van der Waals surface area contributed by atoms with Gasteiger partial charge in [-0.05, 0) is 55.2 Å². The van der Waals surface area contributed by atoms with Crippen molar-refractivity contribution < 1.29 is 22.7 Å². The van der Waals surface area contributed by atoms with E-state index in [0.29, 0.717) is 18.6 Å². The third kappa shape index (κ3) is 9.16. The number of hydrogen-bond acceptors (Lipinski definition) is 5. The number of amides is 2. The predicted molar refractivity (Wildman–Crippen MR) is 161 cm³/mol. The van der Waals surface area contributed by atoms with E-state index in [4.69, 9.17) is 4.74 Å².